The summed E-state index contributed by atoms with van der Waals surface area (Å²) in [5, 5.41) is 15.5. The lowest BCUT2D eigenvalue weighted by atomic mass is 9.79. The van der Waals surface area contributed by atoms with Gasteiger partial charge in [0.25, 0.3) is 5.91 Å². The van der Waals surface area contributed by atoms with Gasteiger partial charge in [-0.15, -0.1) is 0 Å². The lowest BCUT2D eigenvalue weighted by Crippen LogP contribution is -2.52. The predicted octanol–water partition coefficient (Wildman–Crippen LogP) is 4.37. The molecule has 25 heavy (non-hydrogen) atoms. The number of alkyl halides is 3. The summed E-state index contributed by atoms with van der Waals surface area (Å²) in [7, 11) is 0. The molecular formula is C17H18ClF3N2O2. The summed E-state index contributed by atoms with van der Waals surface area (Å²) < 4.78 is 39.5. The second-order valence-electron chi connectivity index (χ2n) is 6.56. The van der Waals surface area contributed by atoms with Crippen molar-refractivity contribution in [1.82, 2.24) is 5.01 Å². The zero-order valence-electron chi connectivity index (χ0n) is 13.4. The van der Waals surface area contributed by atoms with Gasteiger partial charge in [0.1, 0.15) is 5.71 Å². The molecule has 136 valence electrons. The molecule has 4 nitrogen and oxygen atoms in total. The number of halogens is 4. The number of aliphatic hydroxyl groups is 1. The Morgan fingerprint density at radius 1 is 1.28 bits per heavy atom. The molecule has 0 saturated heterocycles. The minimum atomic E-state index is -4.69. The fourth-order valence-electron chi connectivity index (χ4n) is 3.57. The number of hydrogen-bond acceptors (Lipinski definition) is 3. The van der Waals surface area contributed by atoms with Crippen LogP contribution in [-0.2, 0) is 0 Å². The van der Waals surface area contributed by atoms with Gasteiger partial charge in [-0.05, 0) is 31.0 Å². The average molecular weight is 375 g/mol. The molecule has 1 aliphatic carbocycles. The molecule has 0 radical (unpaired) electrons. The highest BCUT2D eigenvalue weighted by Crippen LogP contribution is 2.43. The van der Waals surface area contributed by atoms with Crippen LogP contribution in [0.2, 0.25) is 5.02 Å². The Morgan fingerprint density at radius 3 is 2.56 bits per heavy atom. The van der Waals surface area contributed by atoms with Crippen molar-refractivity contribution in [3.63, 3.8) is 0 Å². The van der Waals surface area contributed by atoms with E-state index < -0.39 is 35.9 Å². The third kappa shape index (κ3) is 3.53. The van der Waals surface area contributed by atoms with Gasteiger partial charge in [0.15, 0.2) is 5.72 Å². The molecule has 0 spiro atoms. The molecule has 8 heteroatoms. The lowest BCUT2D eigenvalue weighted by Gasteiger charge is -2.40. The van der Waals surface area contributed by atoms with Crippen molar-refractivity contribution in [2.45, 2.75) is 50.4 Å². The monoisotopic (exact) mass is 374 g/mol. The van der Waals surface area contributed by atoms with Gasteiger partial charge in [-0.3, -0.25) is 4.79 Å². The highest BCUT2D eigenvalue weighted by molar-refractivity contribution is 6.31. The van der Waals surface area contributed by atoms with E-state index in [-0.39, 0.29) is 10.6 Å². The van der Waals surface area contributed by atoms with E-state index >= 15 is 0 Å². The van der Waals surface area contributed by atoms with E-state index in [9.17, 15) is 23.1 Å². The van der Waals surface area contributed by atoms with E-state index in [2.05, 4.69) is 5.10 Å². The molecule has 2 aliphatic rings. The lowest BCUT2D eigenvalue weighted by molar-refractivity contribution is -0.123. The van der Waals surface area contributed by atoms with Crippen molar-refractivity contribution in [1.29, 1.82) is 0 Å². The van der Waals surface area contributed by atoms with Crippen LogP contribution in [0.25, 0.3) is 0 Å². The number of benzene rings is 1. The van der Waals surface area contributed by atoms with Crippen molar-refractivity contribution in [2.75, 3.05) is 0 Å². The summed E-state index contributed by atoms with van der Waals surface area (Å²) in [6.07, 6.45) is -1.66. The normalized spacial score (nSPS) is 25.2. The SMILES string of the molecule is O=C(c1cccc(Cl)c1)N1N=C(C(F)(F)F)C[C@]1(O)C1CCCCC1. The maximum absolute atomic E-state index is 13.2. The fourth-order valence-corrected chi connectivity index (χ4v) is 3.76. The van der Waals surface area contributed by atoms with Gasteiger partial charge in [0.05, 0.1) is 0 Å². The number of carbonyl (C=O) groups excluding carboxylic acids is 1. The Morgan fingerprint density at radius 2 is 1.96 bits per heavy atom. The Kier molecular flexibility index (Phi) is 4.81. The average Bonchev–Trinajstić information content (AvgIpc) is 2.94. The molecule has 1 N–H and O–H groups in total. The van der Waals surface area contributed by atoms with Gasteiger partial charge in [0.2, 0.25) is 0 Å². The maximum atomic E-state index is 13.2. The van der Waals surface area contributed by atoms with E-state index in [4.69, 9.17) is 11.6 Å². The number of carbonyl (C=O) groups is 1. The summed E-state index contributed by atoms with van der Waals surface area (Å²) in [4.78, 5) is 12.8. The molecule has 1 heterocycles. The summed E-state index contributed by atoms with van der Waals surface area (Å²) in [5.41, 5.74) is -2.99. The van der Waals surface area contributed by atoms with Crippen LogP contribution in [0, 0.1) is 5.92 Å². The molecular weight excluding hydrogens is 357 g/mol. The first kappa shape index (κ1) is 18.2. The zero-order chi connectivity index (χ0) is 18.2. The van der Waals surface area contributed by atoms with Gasteiger partial charge >= 0.3 is 6.18 Å². The molecule has 1 fully saturated rings. The number of rotatable bonds is 2. The van der Waals surface area contributed by atoms with Crippen LogP contribution in [0.1, 0.15) is 48.9 Å². The fraction of sp³-hybridized carbons (Fsp3) is 0.529. The highest BCUT2D eigenvalue weighted by Gasteiger charge is 2.55. The molecule has 3 rings (SSSR count). The summed E-state index contributed by atoms with van der Waals surface area (Å²) in [6, 6.07) is 5.88. The van der Waals surface area contributed by atoms with Crippen molar-refractivity contribution >= 4 is 23.2 Å². The molecule has 1 saturated carbocycles. The van der Waals surface area contributed by atoms with Gasteiger partial charge in [-0.1, -0.05) is 36.9 Å². The molecule has 1 aromatic carbocycles. The van der Waals surface area contributed by atoms with E-state index in [0.717, 1.165) is 19.3 Å². The second-order valence-corrected chi connectivity index (χ2v) is 7.00. The summed E-state index contributed by atoms with van der Waals surface area (Å²) in [6.45, 7) is 0. The standard InChI is InChI=1S/C17H18ClF3N2O2/c18-13-8-4-5-11(9-13)15(24)23-16(25,12-6-2-1-3-7-12)10-14(22-23)17(19,20)21/h4-5,8-9,12,25H,1-3,6-7,10H2/t16-/m0/s1. The first-order valence-corrected chi connectivity index (χ1v) is 8.57. The van der Waals surface area contributed by atoms with Crippen LogP contribution >= 0.6 is 11.6 Å². The Bertz CT molecular complexity index is 701. The van der Waals surface area contributed by atoms with Crippen LogP contribution in [0.4, 0.5) is 13.2 Å². The van der Waals surface area contributed by atoms with Gasteiger partial charge in [-0.25, -0.2) is 0 Å². The third-order valence-electron chi connectivity index (χ3n) is 4.87. The van der Waals surface area contributed by atoms with E-state index in [1.807, 2.05) is 0 Å². The van der Waals surface area contributed by atoms with Gasteiger partial charge < -0.3 is 5.11 Å². The molecule has 1 aromatic rings. The predicted molar refractivity (Wildman–Crippen MR) is 87.3 cm³/mol. The Hall–Kier alpha value is -1.60. The van der Waals surface area contributed by atoms with E-state index in [0.29, 0.717) is 17.9 Å². The largest absolute Gasteiger partial charge is 0.431 e. The summed E-state index contributed by atoms with van der Waals surface area (Å²) >= 11 is 5.87. The first-order valence-electron chi connectivity index (χ1n) is 8.19. The van der Waals surface area contributed by atoms with Crippen molar-refractivity contribution in [3.8, 4) is 0 Å². The highest BCUT2D eigenvalue weighted by atomic mass is 35.5. The van der Waals surface area contributed by atoms with E-state index in [1.54, 1.807) is 6.07 Å². The van der Waals surface area contributed by atoms with Crippen LogP contribution in [0.15, 0.2) is 29.4 Å². The summed E-state index contributed by atoms with van der Waals surface area (Å²) in [5.74, 6) is -1.22. The van der Waals surface area contributed by atoms with Crippen LogP contribution in [-0.4, -0.2) is 33.6 Å². The molecule has 0 unspecified atom stereocenters. The molecule has 0 bridgehead atoms. The number of hydrogen-bond donors (Lipinski definition) is 1. The van der Waals surface area contributed by atoms with Crippen LogP contribution in [0.3, 0.4) is 0 Å². The maximum Gasteiger partial charge on any atom is 0.431 e. The topological polar surface area (TPSA) is 52.9 Å². The number of amides is 1. The van der Waals surface area contributed by atoms with Crippen molar-refractivity contribution in [2.24, 2.45) is 11.0 Å². The first-order chi connectivity index (χ1) is 11.7. The Balaban J connectivity index is 1.98. The minimum Gasteiger partial charge on any atom is -0.368 e. The van der Waals surface area contributed by atoms with E-state index in [1.165, 1.54) is 18.2 Å². The zero-order valence-corrected chi connectivity index (χ0v) is 14.1. The van der Waals surface area contributed by atoms with Crippen LogP contribution in [0.5, 0.6) is 0 Å². The van der Waals surface area contributed by atoms with Gasteiger partial charge in [-0.2, -0.15) is 23.3 Å². The van der Waals surface area contributed by atoms with Crippen LogP contribution < -0.4 is 0 Å². The van der Waals surface area contributed by atoms with Crippen molar-refractivity contribution in [3.05, 3.63) is 34.9 Å². The van der Waals surface area contributed by atoms with Crippen molar-refractivity contribution < 1.29 is 23.1 Å². The molecule has 1 atom stereocenters. The smallest absolute Gasteiger partial charge is 0.368 e. The number of nitrogens with zero attached hydrogens (tertiary/aromatic N) is 2. The number of hydrazone groups is 1. The third-order valence-corrected chi connectivity index (χ3v) is 5.10. The molecule has 1 aliphatic heterocycles. The molecule has 0 aromatic heterocycles. The van der Waals surface area contributed by atoms with Gasteiger partial charge in [0, 0.05) is 22.9 Å². The quantitative estimate of drug-likeness (QED) is 0.835. The second kappa shape index (κ2) is 6.61. The minimum absolute atomic E-state index is 0.0916. The Labute approximate surface area is 148 Å². The molecule has 1 amide bonds.